The Balaban J connectivity index is 1.81. The number of anilines is 1. The van der Waals surface area contributed by atoms with Crippen LogP contribution in [0.2, 0.25) is 0 Å². The van der Waals surface area contributed by atoms with E-state index < -0.39 is 0 Å². The highest BCUT2D eigenvalue weighted by Gasteiger charge is 2.14. The van der Waals surface area contributed by atoms with Crippen molar-refractivity contribution < 1.29 is 9.47 Å². The van der Waals surface area contributed by atoms with Crippen molar-refractivity contribution in [3.8, 4) is 11.5 Å². The molecule has 0 amide bonds. The Bertz CT molecular complexity index is 637. The van der Waals surface area contributed by atoms with Crippen molar-refractivity contribution in [2.24, 2.45) is 0 Å². The second-order valence-corrected chi connectivity index (χ2v) is 5.47. The number of hydrogen-bond acceptors (Lipinski definition) is 3. The monoisotopic (exact) mass is 283 g/mol. The van der Waals surface area contributed by atoms with Crippen molar-refractivity contribution in [3.05, 3.63) is 53.1 Å². The third-order valence-corrected chi connectivity index (χ3v) is 3.72. The molecule has 0 fully saturated rings. The number of benzene rings is 2. The summed E-state index contributed by atoms with van der Waals surface area (Å²) in [6.07, 6.45) is 0.929. The first kappa shape index (κ1) is 13.8. The van der Waals surface area contributed by atoms with Crippen molar-refractivity contribution in [3.63, 3.8) is 0 Å². The Morgan fingerprint density at radius 1 is 1.05 bits per heavy atom. The van der Waals surface area contributed by atoms with Crippen LogP contribution in [0.4, 0.5) is 5.69 Å². The maximum atomic E-state index is 5.86. The Hall–Kier alpha value is -2.16. The third kappa shape index (κ3) is 3.13. The molecule has 110 valence electrons. The number of ether oxygens (including phenoxy) is 2. The van der Waals surface area contributed by atoms with Crippen LogP contribution in [0.5, 0.6) is 11.5 Å². The van der Waals surface area contributed by atoms with Crippen LogP contribution in [0.25, 0.3) is 0 Å². The zero-order chi connectivity index (χ0) is 14.7. The lowest BCUT2D eigenvalue weighted by atomic mass is 10.1. The Morgan fingerprint density at radius 2 is 1.90 bits per heavy atom. The topological polar surface area (TPSA) is 30.5 Å². The van der Waals surface area contributed by atoms with Crippen molar-refractivity contribution in [1.29, 1.82) is 0 Å². The maximum absolute atomic E-state index is 5.86. The smallest absolute Gasteiger partial charge is 0.166 e. The fourth-order valence-electron chi connectivity index (χ4n) is 2.51. The van der Waals surface area contributed by atoms with Gasteiger partial charge in [0.05, 0.1) is 13.2 Å². The predicted molar refractivity (Wildman–Crippen MR) is 85.3 cm³/mol. The molecule has 0 aromatic heterocycles. The van der Waals surface area contributed by atoms with Gasteiger partial charge in [0.25, 0.3) is 0 Å². The number of para-hydroxylation sites is 1. The Kier molecular flexibility index (Phi) is 4.00. The number of hydrogen-bond donors (Lipinski definition) is 1. The SMILES string of the molecule is Cc1ccc(C)c(NCc2cccc3c2OCCCO3)c1. The van der Waals surface area contributed by atoms with Gasteiger partial charge < -0.3 is 14.8 Å². The van der Waals surface area contributed by atoms with Gasteiger partial charge in [0.1, 0.15) is 0 Å². The van der Waals surface area contributed by atoms with E-state index in [1.165, 1.54) is 16.8 Å². The number of rotatable bonds is 3. The molecule has 3 nitrogen and oxygen atoms in total. The fraction of sp³-hybridized carbons (Fsp3) is 0.333. The quantitative estimate of drug-likeness (QED) is 0.920. The Morgan fingerprint density at radius 3 is 2.81 bits per heavy atom. The maximum Gasteiger partial charge on any atom is 0.166 e. The molecule has 0 aliphatic carbocycles. The first-order chi connectivity index (χ1) is 10.2. The largest absolute Gasteiger partial charge is 0.490 e. The zero-order valence-corrected chi connectivity index (χ0v) is 12.6. The first-order valence-electron chi connectivity index (χ1n) is 7.42. The summed E-state index contributed by atoms with van der Waals surface area (Å²) < 4.78 is 11.6. The molecule has 0 atom stereocenters. The van der Waals surface area contributed by atoms with E-state index in [2.05, 4.69) is 43.4 Å². The van der Waals surface area contributed by atoms with Crippen LogP contribution < -0.4 is 14.8 Å². The van der Waals surface area contributed by atoms with Crippen LogP contribution in [-0.2, 0) is 6.54 Å². The molecule has 1 aliphatic rings. The first-order valence-corrected chi connectivity index (χ1v) is 7.42. The van der Waals surface area contributed by atoms with Gasteiger partial charge in [-0.3, -0.25) is 0 Å². The van der Waals surface area contributed by atoms with Gasteiger partial charge in [0.2, 0.25) is 0 Å². The minimum atomic E-state index is 0.716. The number of nitrogens with one attached hydrogen (secondary N) is 1. The highest BCUT2D eigenvalue weighted by atomic mass is 16.5. The molecule has 0 spiro atoms. The molecule has 1 N–H and O–H groups in total. The van der Waals surface area contributed by atoms with Crippen LogP contribution >= 0.6 is 0 Å². The second kappa shape index (κ2) is 6.08. The highest BCUT2D eigenvalue weighted by Crippen LogP contribution is 2.33. The summed E-state index contributed by atoms with van der Waals surface area (Å²) in [7, 11) is 0. The Labute approximate surface area is 125 Å². The summed E-state index contributed by atoms with van der Waals surface area (Å²) in [5, 5.41) is 3.51. The lowest BCUT2D eigenvalue weighted by Crippen LogP contribution is -2.04. The molecular weight excluding hydrogens is 262 g/mol. The molecule has 3 heteroatoms. The average molecular weight is 283 g/mol. The van der Waals surface area contributed by atoms with E-state index in [1.54, 1.807) is 0 Å². The summed E-state index contributed by atoms with van der Waals surface area (Å²) in [5.74, 6) is 1.74. The summed E-state index contributed by atoms with van der Waals surface area (Å²) >= 11 is 0. The molecule has 1 aliphatic heterocycles. The van der Waals surface area contributed by atoms with Gasteiger partial charge in [-0.25, -0.2) is 0 Å². The van der Waals surface area contributed by atoms with Crippen LogP contribution in [-0.4, -0.2) is 13.2 Å². The average Bonchev–Trinajstić information content (AvgIpc) is 2.74. The molecule has 21 heavy (non-hydrogen) atoms. The molecule has 3 rings (SSSR count). The van der Waals surface area contributed by atoms with Crippen molar-refractivity contribution in [1.82, 2.24) is 0 Å². The third-order valence-electron chi connectivity index (χ3n) is 3.72. The normalized spacial score (nSPS) is 13.6. The van der Waals surface area contributed by atoms with Crippen LogP contribution in [0.3, 0.4) is 0 Å². The lowest BCUT2D eigenvalue weighted by molar-refractivity contribution is 0.296. The lowest BCUT2D eigenvalue weighted by Gasteiger charge is -2.15. The molecule has 0 saturated carbocycles. The van der Waals surface area contributed by atoms with Gasteiger partial charge in [0, 0.05) is 24.2 Å². The molecule has 2 aromatic rings. The number of fused-ring (bicyclic) bond motifs is 1. The van der Waals surface area contributed by atoms with E-state index in [0.717, 1.165) is 36.6 Å². The fourth-order valence-corrected chi connectivity index (χ4v) is 2.51. The zero-order valence-electron chi connectivity index (χ0n) is 12.6. The van der Waals surface area contributed by atoms with E-state index in [0.29, 0.717) is 6.61 Å². The van der Waals surface area contributed by atoms with Gasteiger partial charge in [0.15, 0.2) is 11.5 Å². The molecule has 0 saturated heterocycles. The van der Waals surface area contributed by atoms with Crippen LogP contribution in [0.15, 0.2) is 36.4 Å². The van der Waals surface area contributed by atoms with E-state index in [1.807, 2.05) is 12.1 Å². The molecular formula is C18H21NO2. The summed E-state index contributed by atoms with van der Waals surface area (Å²) in [5.41, 5.74) is 4.81. The summed E-state index contributed by atoms with van der Waals surface area (Å²) in [6, 6.07) is 12.5. The van der Waals surface area contributed by atoms with Crippen LogP contribution in [0, 0.1) is 13.8 Å². The van der Waals surface area contributed by atoms with Gasteiger partial charge in [-0.05, 0) is 37.1 Å². The molecule has 0 unspecified atom stereocenters. The van der Waals surface area contributed by atoms with Crippen molar-refractivity contribution in [2.45, 2.75) is 26.8 Å². The minimum absolute atomic E-state index is 0.716. The van der Waals surface area contributed by atoms with Gasteiger partial charge in [-0.1, -0.05) is 24.3 Å². The van der Waals surface area contributed by atoms with E-state index in [-0.39, 0.29) is 0 Å². The van der Waals surface area contributed by atoms with Gasteiger partial charge in [-0.15, -0.1) is 0 Å². The molecule has 1 heterocycles. The minimum Gasteiger partial charge on any atom is -0.490 e. The van der Waals surface area contributed by atoms with Gasteiger partial charge >= 0.3 is 0 Å². The highest BCUT2D eigenvalue weighted by molar-refractivity contribution is 5.54. The van der Waals surface area contributed by atoms with E-state index in [4.69, 9.17) is 9.47 Å². The molecule has 2 aromatic carbocycles. The standard InChI is InChI=1S/C18H21NO2/c1-13-7-8-14(2)16(11-13)19-12-15-5-3-6-17-18(15)21-10-4-9-20-17/h3,5-8,11,19H,4,9-10,12H2,1-2H3. The second-order valence-electron chi connectivity index (χ2n) is 5.47. The van der Waals surface area contributed by atoms with Crippen LogP contribution in [0.1, 0.15) is 23.1 Å². The predicted octanol–water partition coefficient (Wildman–Crippen LogP) is 4.08. The molecule has 0 radical (unpaired) electrons. The number of aryl methyl sites for hydroxylation is 2. The summed E-state index contributed by atoms with van der Waals surface area (Å²) in [4.78, 5) is 0. The molecule has 0 bridgehead atoms. The van der Waals surface area contributed by atoms with Gasteiger partial charge in [-0.2, -0.15) is 0 Å². The van der Waals surface area contributed by atoms with E-state index >= 15 is 0 Å². The summed E-state index contributed by atoms with van der Waals surface area (Å²) in [6.45, 7) is 6.40. The van der Waals surface area contributed by atoms with Crippen molar-refractivity contribution >= 4 is 5.69 Å². The van der Waals surface area contributed by atoms with Crippen molar-refractivity contribution in [2.75, 3.05) is 18.5 Å². The van der Waals surface area contributed by atoms with E-state index in [9.17, 15) is 0 Å².